The predicted molar refractivity (Wildman–Crippen MR) is 159 cm³/mol. The molecule has 44 heavy (non-hydrogen) atoms. The van der Waals surface area contributed by atoms with Crippen molar-refractivity contribution in [2.75, 3.05) is 76.3 Å². The minimum Gasteiger partial charge on any atom is -0.468 e. The van der Waals surface area contributed by atoms with Gasteiger partial charge < -0.3 is 34.3 Å². The van der Waals surface area contributed by atoms with Crippen molar-refractivity contribution in [3.63, 3.8) is 0 Å². The van der Waals surface area contributed by atoms with Gasteiger partial charge in [-0.2, -0.15) is 0 Å². The number of aldehydes is 1. The number of carbonyl (C=O) groups excluding carboxylic acids is 4. The lowest BCUT2D eigenvalue weighted by molar-refractivity contribution is -0.130. The van der Waals surface area contributed by atoms with Crippen LogP contribution in [0.15, 0.2) is 42.7 Å². The van der Waals surface area contributed by atoms with Gasteiger partial charge in [-0.3, -0.25) is 19.3 Å². The van der Waals surface area contributed by atoms with E-state index in [1.54, 1.807) is 37.0 Å². The van der Waals surface area contributed by atoms with Crippen LogP contribution in [-0.2, 0) is 19.1 Å². The Kier molecular flexibility index (Phi) is 13.0. The van der Waals surface area contributed by atoms with Crippen molar-refractivity contribution in [2.45, 2.75) is 13.0 Å². The minimum atomic E-state index is -0.741. The summed E-state index contributed by atoms with van der Waals surface area (Å²) in [4.78, 5) is 51.9. The number of nitrogens with zero attached hydrogens (tertiary/aromatic N) is 5. The van der Waals surface area contributed by atoms with E-state index in [4.69, 9.17) is 4.74 Å². The fourth-order valence-corrected chi connectivity index (χ4v) is 4.60. The molecular formula is C29H37F2N7O6. The second kappa shape index (κ2) is 16.9. The van der Waals surface area contributed by atoms with Crippen LogP contribution in [0.1, 0.15) is 17.4 Å². The summed E-state index contributed by atoms with van der Waals surface area (Å²) in [5.41, 5.74) is 1.26. The Morgan fingerprint density at radius 1 is 1.11 bits per heavy atom. The normalized spacial score (nSPS) is 16.0. The average Bonchev–Trinajstić information content (AvgIpc) is 3.61. The highest BCUT2D eigenvalue weighted by Gasteiger charge is 2.33. The number of cyclic esters (lactones) is 1. The summed E-state index contributed by atoms with van der Waals surface area (Å²) < 4.78 is 40.6. The maximum atomic E-state index is 14.7. The molecule has 2 fully saturated rings. The zero-order valence-electron chi connectivity index (χ0n) is 24.9. The molecule has 13 nitrogen and oxygen atoms in total. The van der Waals surface area contributed by atoms with E-state index in [0.29, 0.717) is 51.5 Å². The Bertz CT molecular complexity index is 1360. The molecule has 238 valence electrons. The number of nitrogens with one attached hydrogen (secondary N) is 2. The van der Waals surface area contributed by atoms with E-state index in [1.165, 1.54) is 4.90 Å². The SMILES string of the molecule is CCOC=O.CNCC(=O)N1CCN(c2c(F)cc(N3CC(CNC)OC3=O)cc2F)CC1.O=Cc1cn2ccccc2n1. The Balaban J connectivity index is 0.000000269. The Morgan fingerprint density at radius 2 is 1.82 bits per heavy atom. The molecule has 2 amide bonds. The maximum absolute atomic E-state index is 14.7. The molecule has 1 aromatic carbocycles. The lowest BCUT2D eigenvalue weighted by Crippen LogP contribution is -2.51. The standard InChI is InChI=1S/C18H25F2N5O3.C8H6N2O.C3H6O2/c1-21-9-13-11-25(18(27)28-13)12-7-14(19)17(15(20)8-12)24-5-3-23(4-6-24)16(26)10-22-2;11-6-7-5-10-4-2-1-3-8(10)9-7;1-2-5-3-4/h7-8,13,21-22H,3-6,9-11H2,1-2H3;1-6H;3H,2H2,1H3. The van der Waals surface area contributed by atoms with Crippen LogP contribution in [0.3, 0.4) is 0 Å². The van der Waals surface area contributed by atoms with Gasteiger partial charge in [-0.25, -0.2) is 18.6 Å². The summed E-state index contributed by atoms with van der Waals surface area (Å²) in [5, 5.41) is 5.71. The number of pyridine rings is 1. The second-order valence-corrected chi connectivity index (χ2v) is 9.63. The number of aromatic nitrogens is 2. The van der Waals surface area contributed by atoms with Crippen molar-refractivity contribution in [3.8, 4) is 0 Å². The number of imidazole rings is 1. The van der Waals surface area contributed by atoms with Crippen LogP contribution < -0.4 is 20.4 Å². The van der Waals surface area contributed by atoms with Crippen molar-refractivity contribution in [1.29, 1.82) is 0 Å². The number of amides is 2. The van der Waals surface area contributed by atoms with Crippen LogP contribution in [0.25, 0.3) is 5.65 Å². The first-order chi connectivity index (χ1) is 21.3. The Morgan fingerprint density at radius 3 is 2.36 bits per heavy atom. The summed E-state index contributed by atoms with van der Waals surface area (Å²) >= 11 is 0. The van der Waals surface area contributed by atoms with Crippen LogP contribution in [0, 0.1) is 11.6 Å². The molecular weight excluding hydrogens is 580 g/mol. The molecule has 4 heterocycles. The topological polar surface area (TPSA) is 138 Å². The van der Waals surface area contributed by atoms with E-state index in [9.17, 15) is 28.0 Å². The highest BCUT2D eigenvalue weighted by atomic mass is 19.1. The molecule has 0 spiro atoms. The van der Waals surface area contributed by atoms with Crippen LogP contribution in [-0.4, -0.2) is 112 Å². The highest BCUT2D eigenvalue weighted by Crippen LogP contribution is 2.31. The largest absolute Gasteiger partial charge is 0.468 e. The number of benzene rings is 1. The van der Waals surface area contributed by atoms with Crippen LogP contribution in [0.2, 0.25) is 0 Å². The van der Waals surface area contributed by atoms with Crippen LogP contribution in [0.5, 0.6) is 0 Å². The summed E-state index contributed by atoms with van der Waals surface area (Å²) in [7, 11) is 3.42. The third-order valence-corrected chi connectivity index (χ3v) is 6.63. The number of hydrogen-bond acceptors (Lipinski definition) is 10. The van der Waals surface area contributed by atoms with Gasteiger partial charge in [0.05, 0.1) is 25.4 Å². The number of likely N-dealkylation sites (N-methyl/N-ethyl adjacent to an activating group) is 2. The van der Waals surface area contributed by atoms with Gasteiger partial charge in [0.15, 0.2) is 17.9 Å². The lowest BCUT2D eigenvalue weighted by Gasteiger charge is -2.36. The number of carbonyl (C=O) groups is 4. The molecule has 2 N–H and O–H groups in total. The van der Waals surface area contributed by atoms with E-state index in [-0.39, 0.29) is 36.5 Å². The van der Waals surface area contributed by atoms with Crippen molar-refractivity contribution < 1.29 is 37.4 Å². The summed E-state index contributed by atoms with van der Waals surface area (Å²) in [6.45, 7) is 5.04. The van der Waals surface area contributed by atoms with Gasteiger partial charge in [0.2, 0.25) is 5.91 Å². The number of fused-ring (bicyclic) bond motifs is 1. The van der Waals surface area contributed by atoms with Crippen LogP contribution in [0.4, 0.5) is 25.0 Å². The monoisotopic (exact) mass is 617 g/mol. The zero-order valence-corrected chi connectivity index (χ0v) is 24.9. The molecule has 1 unspecified atom stereocenters. The molecule has 1 atom stereocenters. The van der Waals surface area contributed by atoms with Gasteiger partial charge >= 0.3 is 6.09 Å². The predicted octanol–water partition coefficient (Wildman–Crippen LogP) is 1.70. The van der Waals surface area contributed by atoms with E-state index >= 15 is 0 Å². The highest BCUT2D eigenvalue weighted by molar-refractivity contribution is 5.90. The molecule has 5 rings (SSSR count). The molecule has 0 bridgehead atoms. The first-order valence-corrected chi connectivity index (χ1v) is 14.0. The molecule has 3 aromatic rings. The van der Waals surface area contributed by atoms with Gasteiger partial charge in [0.1, 0.15) is 23.1 Å². The fraction of sp³-hybridized carbons (Fsp3) is 0.414. The van der Waals surface area contributed by atoms with Crippen molar-refractivity contribution in [1.82, 2.24) is 24.9 Å². The van der Waals surface area contributed by atoms with Gasteiger partial charge in [-0.05, 0) is 33.2 Å². The van der Waals surface area contributed by atoms with Gasteiger partial charge in [-0.15, -0.1) is 0 Å². The number of rotatable bonds is 9. The first-order valence-electron chi connectivity index (χ1n) is 14.0. The number of anilines is 2. The number of piperazine rings is 1. The maximum Gasteiger partial charge on any atom is 0.414 e. The van der Waals surface area contributed by atoms with E-state index in [1.807, 2.05) is 28.8 Å². The van der Waals surface area contributed by atoms with Crippen LogP contribution >= 0.6 is 0 Å². The molecule has 2 aliphatic rings. The molecule has 15 heteroatoms. The average molecular weight is 618 g/mol. The Labute approximate surface area is 253 Å². The lowest BCUT2D eigenvalue weighted by atomic mass is 10.2. The Hall–Kier alpha value is -4.63. The van der Waals surface area contributed by atoms with Gasteiger partial charge in [0.25, 0.3) is 6.47 Å². The third-order valence-electron chi connectivity index (χ3n) is 6.63. The summed E-state index contributed by atoms with van der Waals surface area (Å²) in [5.74, 6) is -1.52. The molecule has 2 aliphatic heterocycles. The molecule has 2 saturated heterocycles. The fourth-order valence-electron chi connectivity index (χ4n) is 4.60. The number of ether oxygens (including phenoxy) is 2. The molecule has 0 radical (unpaired) electrons. The minimum absolute atomic E-state index is 0.0397. The first kappa shape index (κ1) is 33.9. The van der Waals surface area contributed by atoms with Gasteiger partial charge in [-0.1, -0.05) is 6.07 Å². The van der Waals surface area contributed by atoms with Crippen molar-refractivity contribution in [2.24, 2.45) is 0 Å². The van der Waals surface area contributed by atoms with E-state index in [0.717, 1.165) is 24.1 Å². The molecule has 0 aliphatic carbocycles. The smallest absolute Gasteiger partial charge is 0.414 e. The van der Waals surface area contributed by atoms with E-state index in [2.05, 4.69) is 20.4 Å². The molecule has 2 aromatic heterocycles. The third kappa shape index (κ3) is 8.94. The number of halogens is 2. The van der Waals surface area contributed by atoms with Crippen molar-refractivity contribution >= 4 is 41.8 Å². The second-order valence-electron chi connectivity index (χ2n) is 9.63. The zero-order chi connectivity index (χ0) is 32.1. The van der Waals surface area contributed by atoms with Crippen molar-refractivity contribution in [3.05, 3.63) is 60.1 Å². The van der Waals surface area contributed by atoms with Gasteiger partial charge in [0, 0.05) is 57.3 Å². The summed E-state index contributed by atoms with van der Waals surface area (Å²) in [6, 6.07) is 7.94. The summed E-state index contributed by atoms with van der Waals surface area (Å²) in [6.07, 6.45) is 3.31. The van der Waals surface area contributed by atoms with E-state index < -0.39 is 17.7 Å². The molecule has 0 saturated carbocycles. The quantitative estimate of drug-likeness (QED) is 0.342. The number of hydrogen-bond donors (Lipinski definition) is 2.